The number of aromatic nitrogens is 1. The lowest BCUT2D eigenvalue weighted by Crippen LogP contribution is -2.19. The Morgan fingerprint density at radius 3 is 2.52 bits per heavy atom. The summed E-state index contributed by atoms with van der Waals surface area (Å²) in [5, 5.41) is 5.35. The number of nitrogens with one attached hydrogen (secondary N) is 1. The molecule has 0 radical (unpaired) electrons. The Labute approximate surface area is 149 Å². The second-order valence-electron chi connectivity index (χ2n) is 5.15. The summed E-state index contributed by atoms with van der Waals surface area (Å²) < 4.78 is 10.8. The molecule has 0 aliphatic heterocycles. The smallest absolute Gasteiger partial charge is 0.316 e. The molecule has 0 saturated carbocycles. The zero-order valence-corrected chi connectivity index (χ0v) is 14.6. The van der Waals surface area contributed by atoms with E-state index >= 15 is 0 Å². The number of para-hydroxylation sites is 1. The predicted molar refractivity (Wildman–Crippen MR) is 99.3 cm³/mol. The summed E-state index contributed by atoms with van der Waals surface area (Å²) in [5.41, 5.74) is 8.42. The van der Waals surface area contributed by atoms with Gasteiger partial charge in [-0.2, -0.15) is 0 Å². The van der Waals surface area contributed by atoms with E-state index in [2.05, 4.69) is 5.32 Å². The summed E-state index contributed by atoms with van der Waals surface area (Å²) in [7, 11) is 3.22. The van der Waals surface area contributed by atoms with Gasteiger partial charge in [-0.05, 0) is 24.3 Å². The monoisotopic (exact) mass is 355 g/mol. The van der Waals surface area contributed by atoms with E-state index in [1.54, 1.807) is 26.4 Å². The van der Waals surface area contributed by atoms with Crippen molar-refractivity contribution in [3.05, 3.63) is 47.8 Å². The third-order valence-electron chi connectivity index (χ3n) is 3.59. The Hall–Kier alpha value is -3.06. The van der Waals surface area contributed by atoms with Gasteiger partial charge in [0.25, 0.3) is 0 Å². The molecule has 3 N–H and O–H groups in total. The number of urea groups is 1. The molecule has 0 aliphatic rings. The molecular weight excluding hydrogens is 338 g/mol. The first-order valence-corrected chi connectivity index (χ1v) is 8.34. The number of anilines is 1. The molecule has 0 aliphatic carbocycles. The van der Waals surface area contributed by atoms with Gasteiger partial charge in [0.2, 0.25) is 0 Å². The molecule has 0 fully saturated rings. The Morgan fingerprint density at radius 2 is 1.88 bits per heavy atom. The quantitative estimate of drug-likeness (QED) is 0.725. The predicted octanol–water partition coefficient (Wildman–Crippen LogP) is 3.98. The van der Waals surface area contributed by atoms with E-state index in [0.29, 0.717) is 17.2 Å². The average molecular weight is 355 g/mol. The number of thiazole rings is 1. The van der Waals surface area contributed by atoms with Crippen LogP contribution < -0.4 is 20.5 Å². The first kappa shape index (κ1) is 16.8. The van der Waals surface area contributed by atoms with Gasteiger partial charge in [-0.1, -0.05) is 18.2 Å². The number of nitrogens with zero attached hydrogens (tertiary/aromatic N) is 1. The number of nitrogens with two attached hydrogens (primary N) is 1. The summed E-state index contributed by atoms with van der Waals surface area (Å²) in [4.78, 5) is 15.6. The largest absolute Gasteiger partial charge is 0.493 e. The van der Waals surface area contributed by atoms with Crippen molar-refractivity contribution in [1.82, 2.24) is 4.98 Å². The van der Waals surface area contributed by atoms with Gasteiger partial charge in [0.05, 0.1) is 25.5 Å². The number of carbonyl (C=O) groups excluding carboxylic acids is 1. The van der Waals surface area contributed by atoms with Crippen LogP contribution in [0.5, 0.6) is 11.5 Å². The van der Waals surface area contributed by atoms with Gasteiger partial charge in [-0.3, -0.25) is 0 Å². The van der Waals surface area contributed by atoms with Crippen molar-refractivity contribution in [2.24, 2.45) is 5.73 Å². The van der Waals surface area contributed by atoms with E-state index in [1.165, 1.54) is 11.3 Å². The highest BCUT2D eigenvalue weighted by atomic mass is 32.1. The van der Waals surface area contributed by atoms with Gasteiger partial charge >= 0.3 is 6.03 Å². The van der Waals surface area contributed by atoms with Crippen LogP contribution in [-0.2, 0) is 0 Å². The van der Waals surface area contributed by atoms with Crippen molar-refractivity contribution in [1.29, 1.82) is 0 Å². The lowest BCUT2D eigenvalue weighted by Gasteiger charge is -2.10. The summed E-state index contributed by atoms with van der Waals surface area (Å²) >= 11 is 1.52. The normalized spacial score (nSPS) is 10.3. The maximum absolute atomic E-state index is 10.9. The summed E-state index contributed by atoms with van der Waals surface area (Å²) in [6.45, 7) is 0. The minimum absolute atomic E-state index is 0.589. The summed E-state index contributed by atoms with van der Waals surface area (Å²) in [6, 6.07) is 12.4. The van der Waals surface area contributed by atoms with Crippen LogP contribution in [0.2, 0.25) is 0 Å². The molecule has 0 bridgehead atoms. The fraction of sp³-hybridized carbons (Fsp3) is 0.111. The molecule has 25 heavy (non-hydrogen) atoms. The molecule has 3 aromatic rings. The molecule has 7 heteroatoms. The second kappa shape index (κ2) is 7.23. The van der Waals surface area contributed by atoms with Crippen molar-refractivity contribution in [2.45, 2.75) is 0 Å². The topological polar surface area (TPSA) is 86.5 Å². The highest BCUT2D eigenvalue weighted by molar-refractivity contribution is 7.13. The van der Waals surface area contributed by atoms with Gasteiger partial charge in [0.1, 0.15) is 5.01 Å². The van der Waals surface area contributed by atoms with Crippen molar-refractivity contribution in [3.8, 4) is 33.3 Å². The van der Waals surface area contributed by atoms with E-state index in [-0.39, 0.29) is 0 Å². The number of primary amides is 1. The van der Waals surface area contributed by atoms with Crippen LogP contribution in [0.25, 0.3) is 21.8 Å². The minimum Gasteiger partial charge on any atom is -0.493 e. The van der Waals surface area contributed by atoms with E-state index in [0.717, 1.165) is 21.8 Å². The minimum atomic E-state index is -0.589. The number of ether oxygens (including phenoxy) is 2. The number of hydrogen-bond acceptors (Lipinski definition) is 5. The number of methoxy groups -OCH3 is 2. The van der Waals surface area contributed by atoms with Crippen LogP contribution in [0.4, 0.5) is 10.5 Å². The Kier molecular flexibility index (Phi) is 4.85. The van der Waals surface area contributed by atoms with Crippen LogP contribution in [0, 0.1) is 0 Å². The molecule has 2 amide bonds. The van der Waals surface area contributed by atoms with E-state index in [1.807, 2.05) is 35.7 Å². The van der Waals surface area contributed by atoms with Gasteiger partial charge in [-0.25, -0.2) is 9.78 Å². The lowest BCUT2D eigenvalue weighted by molar-refractivity contribution is 0.259. The zero-order chi connectivity index (χ0) is 17.8. The van der Waals surface area contributed by atoms with Crippen molar-refractivity contribution >= 4 is 23.1 Å². The fourth-order valence-corrected chi connectivity index (χ4v) is 3.30. The number of amides is 2. The van der Waals surface area contributed by atoms with E-state index in [4.69, 9.17) is 20.2 Å². The SMILES string of the molecule is COc1cccc(-c2nc(-c3ccc(NC(N)=O)cc3)cs2)c1OC. The van der Waals surface area contributed by atoms with Gasteiger partial charge in [-0.15, -0.1) is 11.3 Å². The molecule has 1 heterocycles. The second-order valence-corrected chi connectivity index (χ2v) is 6.00. The molecule has 3 rings (SSSR count). The van der Waals surface area contributed by atoms with Crippen molar-refractivity contribution < 1.29 is 14.3 Å². The van der Waals surface area contributed by atoms with Gasteiger partial charge < -0.3 is 20.5 Å². The number of hydrogen-bond donors (Lipinski definition) is 2. The molecule has 1 aromatic heterocycles. The third-order valence-corrected chi connectivity index (χ3v) is 4.46. The van der Waals surface area contributed by atoms with E-state index in [9.17, 15) is 4.79 Å². The van der Waals surface area contributed by atoms with Crippen LogP contribution >= 0.6 is 11.3 Å². The molecule has 0 unspecified atom stereocenters. The molecule has 0 atom stereocenters. The molecule has 0 spiro atoms. The number of rotatable bonds is 5. The Bertz CT molecular complexity index is 891. The molecule has 128 valence electrons. The molecule has 6 nitrogen and oxygen atoms in total. The maximum atomic E-state index is 10.9. The van der Waals surface area contributed by atoms with E-state index < -0.39 is 6.03 Å². The lowest BCUT2D eigenvalue weighted by atomic mass is 10.1. The van der Waals surface area contributed by atoms with Gasteiger partial charge in [0.15, 0.2) is 11.5 Å². The fourth-order valence-electron chi connectivity index (χ4n) is 2.45. The van der Waals surface area contributed by atoms with Crippen molar-refractivity contribution in [2.75, 3.05) is 19.5 Å². The molecule has 0 saturated heterocycles. The van der Waals surface area contributed by atoms with Crippen LogP contribution in [0.3, 0.4) is 0 Å². The Balaban J connectivity index is 1.92. The van der Waals surface area contributed by atoms with Crippen LogP contribution in [-0.4, -0.2) is 25.2 Å². The zero-order valence-electron chi connectivity index (χ0n) is 13.8. The van der Waals surface area contributed by atoms with Gasteiger partial charge in [0, 0.05) is 16.6 Å². The van der Waals surface area contributed by atoms with Crippen molar-refractivity contribution in [3.63, 3.8) is 0 Å². The maximum Gasteiger partial charge on any atom is 0.316 e. The summed E-state index contributed by atoms with van der Waals surface area (Å²) in [6.07, 6.45) is 0. The standard InChI is InChI=1S/C18H17N3O3S/c1-23-15-5-3-4-13(16(15)24-2)17-21-14(10-25-17)11-6-8-12(9-7-11)20-18(19)22/h3-10H,1-2H3,(H3,19,20,22). The summed E-state index contributed by atoms with van der Waals surface area (Å²) in [5.74, 6) is 1.32. The molecule has 2 aromatic carbocycles. The average Bonchev–Trinajstić information content (AvgIpc) is 3.11. The number of carbonyl (C=O) groups is 1. The Morgan fingerprint density at radius 1 is 1.12 bits per heavy atom. The highest BCUT2D eigenvalue weighted by Gasteiger charge is 2.15. The highest BCUT2D eigenvalue weighted by Crippen LogP contribution is 2.40. The van der Waals surface area contributed by atoms with Crippen LogP contribution in [0.1, 0.15) is 0 Å². The molecular formula is C18H17N3O3S. The first-order chi connectivity index (χ1) is 12.1. The van der Waals surface area contributed by atoms with Crippen LogP contribution in [0.15, 0.2) is 47.8 Å². The third kappa shape index (κ3) is 3.56. The first-order valence-electron chi connectivity index (χ1n) is 7.46. The number of benzene rings is 2.